The fourth-order valence-electron chi connectivity index (χ4n) is 6.69. The van der Waals surface area contributed by atoms with E-state index in [9.17, 15) is 13.2 Å². The van der Waals surface area contributed by atoms with Gasteiger partial charge < -0.3 is 15.0 Å². The van der Waals surface area contributed by atoms with Crippen LogP contribution in [0.2, 0.25) is 0 Å². The highest BCUT2D eigenvalue weighted by Gasteiger charge is 2.35. The Hall–Kier alpha value is -3.66. The Labute approximate surface area is 248 Å². The van der Waals surface area contributed by atoms with E-state index in [0.717, 1.165) is 47.9 Å². The molecule has 10 heteroatoms. The maximum atomic E-state index is 13.5. The number of aromatic nitrogens is 2. The Morgan fingerprint density at radius 3 is 2.48 bits per heavy atom. The summed E-state index contributed by atoms with van der Waals surface area (Å²) in [5, 5.41) is 3.29. The van der Waals surface area contributed by atoms with Gasteiger partial charge in [-0.05, 0) is 67.9 Å². The van der Waals surface area contributed by atoms with Gasteiger partial charge in [-0.2, -0.15) is 4.98 Å². The highest BCUT2D eigenvalue weighted by molar-refractivity contribution is 7.92. The van der Waals surface area contributed by atoms with Crippen molar-refractivity contribution < 1.29 is 17.9 Å². The number of nitrogens with one attached hydrogen (secondary N) is 2. The maximum absolute atomic E-state index is 13.5. The van der Waals surface area contributed by atoms with Crippen LogP contribution >= 0.6 is 0 Å². The molecule has 1 aliphatic carbocycles. The molecular weight excluding hydrogens is 550 g/mol. The molecule has 42 heavy (non-hydrogen) atoms. The number of hydrogen-bond donors (Lipinski definition) is 2. The van der Waals surface area contributed by atoms with Gasteiger partial charge in [0.2, 0.25) is 11.8 Å². The number of aryl methyl sites for hydroxylation is 2. The van der Waals surface area contributed by atoms with Crippen LogP contribution in [0.25, 0.3) is 11.3 Å². The molecule has 6 rings (SSSR count). The molecule has 1 saturated heterocycles. The summed E-state index contributed by atoms with van der Waals surface area (Å²) in [4.78, 5) is 24.5. The van der Waals surface area contributed by atoms with E-state index < -0.39 is 10.0 Å². The number of likely N-dealkylation sites (tertiary alicyclic amines) is 1. The smallest absolute Gasteiger partial charge is 0.317 e. The Morgan fingerprint density at radius 2 is 1.71 bits per heavy atom. The van der Waals surface area contributed by atoms with E-state index in [2.05, 4.69) is 20.0 Å². The van der Waals surface area contributed by atoms with Crippen molar-refractivity contribution >= 4 is 22.0 Å². The molecule has 2 fully saturated rings. The number of rotatable bonds is 2. The minimum absolute atomic E-state index is 0.0198. The zero-order chi connectivity index (χ0) is 29.3. The summed E-state index contributed by atoms with van der Waals surface area (Å²) in [5.41, 5.74) is 4.46. The van der Waals surface area contributed by atoms with E-state index in [0.29, 0.717) is 37.7 Å². The molecule has 222 valence electrons. The lowest BCUT2D eigenvalue weighted by Gasteiger charge is -2.39. The summed E-state index contributed by atoms with van der Waals surface area (Å²) in [5.74, 6) is 0.232. The molecule has 9 nitrogen and oxygen atoms in total. The molecule has 2 aromatic carbocycles. The van der Waals surface area contributed by atoms with Crippen LogP contribution in [0.3, 0.4) is 0 Å². The summed E-state index contributed by atoms with van der Waals surface area (Å²) in [6.07, 6.45) is 7.55. The second kappa shape index (κ2) is 11.9. The minimum atomic E-state index is -3.95. The first kappa shape index (κ1) is 28.5. The zero-order valence-corrected chi connectivity index (χ0v) is 25.1. The number of amides is 2. The highest BCUT2D eigenvalue weighted by atomic mass is 32.2. The van der Waals surface area contributed by atoms with Crippen molar-refractivity contribution in [1.82, 2.24) is 20.2 Å². The molecule has 2 amide bonds. The number of carbonyl (C=O) groups is 1. The molecule has 3 aromatic rings. The van der Waals surface area contributed by atoms with Crippen LogP contribution in [-0.4, -0.2) is 55.1 Å². The van der Waals surface area contributed by atoms with Crippen molar-refractivity contribution in [2.24, 2.45) is 5.92 Å². The van der Waals surface area contributed by atoms with Crippen molar-refractivity contribution in [2.75, 3.05) is 24.4 Å². The molecule has 2 N–H and O–H groups in total. The van der Waals surface area contributed by atoms with Crippen LogP contribution in [0, 0.1) is 19.8 Å². The summed E-state index contributed by atoms with van der Waals surface area (Å²) < 4.78 is 35.9. The first-order chi connectivity index (χ1) is 20.3. The molecule has 0 radical (unpaired) electrons. The van der Waals surface area contributed by atoms with Crippen molar-refractivity contribution in [3.63, 3.8) is 0 Å². The summed E-state index contributed by atoms with van der Waals surface area (Å²) in [6.45, 7) is 5.45. The minimum Gasteiger partial charge on any atom is -0.477 e. The molecule has 4 bridgehead atoms. The largest absolute Gasteiger partial charge is 0.477 e. The van der Waals surface area contributed by atoms with Crippen LogP contribution in [0.4, 0.5) is 10.7 Å². The van der Waals surface area contributed by atoms with Gasteiger partial charge in [-0.25, -0.2) is 22.9 Å². The van der Waals surface area contributed by atoms with Gasteiger partial charge in [-0.3, -0.25) is 0 Å². The van der Waals surface area contributed by atoms with Gasteiger partial charge in [-0.15, -0.1) is 0 Å². The number of fused-ring (bicyclic) bond motifs is 6. The average molecular weight is 590 g/mol. The lowest BCUT2D eigenvalue weighted by atomic mass is 9.81. The molecule has 1 aromatic heterocycles. The topological polar surface area (TPSA) is 114 Å². The number of piperidine rings is 1. The third-order valence-corrected chi connectivity index (χ3v) is 10.2. The van der Waals surface area contributed by atoms with Crippen LogP contribution in [0.5, 0.6) is 5.88 Å². The number of nitrogens with zero attached hydrogens (tertiary/aromatic N) is 3. The van der Waals surface area contributed by atoms with E-state index in [1.165, 1.54) is 12.8 Å². The number of carbonyl (C=O) groups excluding carboxylic acids is 1. The highest BCUT2D eigenvalue weighted by Crippen LogP contribution is 2.36. The Kier molecular flexibility index (Phi) is 8.07. The number of sulfonamides is 1. The third-order valence-electron chi connectivity index (χ3n) is 8.91. The van der Waals surface area contributed by atoms with Gasteiger partial charge >= 0.3 is 6.03 Å². The first-order valence-corrected chi connectivity index (χ1v) is 16.5. The molecule has 2 aliphatic heterocycles. The Balaban J connectivity index is 1.33. The van der Waals surface area contributed by atoms with Gasteiger partial charge in [0.25, 0.3) is 10.0 Å². The van der Waals surface area contributed by atoms with E-state index in [1.807, 2.05) is 43.0 Å². The number of urea groups is 1. The van der Waals surface area contributed by atoms with E-state index in [-0.39, 0.29) is 34.8 Å². The van der Waals surface area contributed by atoms with Crippen molar-refractivity contribution in [1.29, 1.82) is 0 Å². The van der Waals surface area contributed by atoms with E-state index in [1.54, 1.807) is 24.3 Å². The van der Waals surface area contributed by atoms with Crippen LogP contribution in [0.1, 0.15) is 67.6 Å². The molecule has 1 unspecified atom stereocenters. The third kappa shape index (κ3) is 6.09. The molecule has 2 atom stereocenters. The van der Waals surface area contributed by atoms with Gasteiger partial charge in [-0.1, -0.05) is 56.0 Å². The number of hydrogen-bond acceptors (Lipinski definition) is 6. The predicted octanol–water partition coefficient (Wildman–Crippen LogP) is 5.79. The zero-order valence-electron chi connectivity index (χ0n) is 24.3. The fraction of sp³-hybridized carbons (Fsp3) is 0.469. The van der Waals surface area contributed by atoms with Gasteiger partial charge in [0.1, 0.15) is 0 Å². The quantitative estimate of drug-likeness (QED) is 0.366. The van der Waals surface area contributed by atoms with Crippen molar-refractivity contribution in [2.45, 2.75) is 75.6 Å². The lowest BCUT2D eigenvalue weighted by Crippen LogP contribution is -2.51. The molecule has 3 aliphatic rings. The average Bonchev–Trinajstić information content (AvgIpc) is 3.24. The predicted molar refractivity (Wildman–Crippen MR) is 162 cm³/mol. The number of ether oxygens (including phenoxy) is 1. The van der Waals surface area contributed by atoms with Crippen LogP contribution in [-0.2, 0) is 10.0 Å². The van der Waals surface area contributed by atoms with Gasteiger partial charge in [0, 0.05) is 36.7 Å². The lowest BCUT2D eigenvalue weighted by molar-refractivity contribution is 0.118. The molecule has 3 heterocycles. The maximum Gasteiger partial charge on any atom is 0.317 e. The molecular formula is C32H39N5O4S. The van der Waals surface area contributed by atoms with E-state index >= 15 is 0 Å². The van der Waals surface area contributed by atoms with Gasteiger partial charge in [0.15, 0.2) is 0 Å². The number of anilines is 1. The Morgan fingerprint density at radius 1 is 0.976 bits per heavy atom. The fourth-order valence-corrected chi connectivity index (χ4v) is 7.69. The van der Waals surface area contributed by atoms with Gasteiger partial charge in [0.05, 0.1) is 17.2 Å². The standard InChI is InChI=1S/C32H39N5O4S/c1-21-9-7-10-22(2)30(21)28-18-29-35-31(34-28)36-42(39,40)26-14-8-11-23(17-26)27-15-16-37(19-24(27)20-41-29)32(38)33-25-12-5-3-4-6-13-25/h7-11,14,17-18,24-25,27H,3-6,12-13,15-16,19-20H2,1-2H3,(H,33,38)(H,34,35,36)/t24-,27?/m1/s1. The Bertz CT molecular complexity index is 1550. The van der Waals surface area contributed by atoms with E-state index in [4.69, 9.17) is 4.74 Å². The summed E-state index contributed by atoms with van der Waals surface area (Å²) in [7, 11) is -3.95. The molecule has 1 saturated carbocycles. The van der Waals surface area contributed by atoms with Crippen molar-refractivity contribution in [3.8, 4) is 17.1 Å². The van der Waals surface area contributed by atoms with Crippen LogP contribution in [0.15, 0.2) is 53.4 Å². The van der Waals surface area contributed by atoms with Crippen molar-refractivity contribution in [3.05, 3.63) is 65.2 Å². The monoisotopic (exact) mass is 589 g/mol. The summed E-state index contributed by atoms with van der Waals surface area (Å²) >= 11 is 0. The second-order valence-corrected chi connectivity index (χ2v) is 13.6. The summed E-state index contributed by atoms with van der Waals surface area (Å²) in [6, 6.07) is 15.0. The van der Waals surface area contributed by atoms with Crippen LogP contribution < -0.4 is 14.8 Å². The second-order valence-electron chi connectivity index (χ2n) is 11.9. The SMILES string of the molecule is Cc1cccc(C)c1-c1cc2nc(n1)NS(=O)(=O)c1cccc(c1)C1CCN(C(=O)NC3CCCCCC3)C[C@@H]1CO2. The first-order valence-electron chi connectivity index (χ1n) is 15.0. The number of benzene rings is 2. The normalized spacial score (nSPS) is 22.3. The molecule has 0 spiro atoms.